The highest BCUT2D eigenvalue weighted by Crippen LogP contribution is 2.25. The molecule has 0 aromatic heterocycles. The van der Waals surface area contributed by atoms with Gasteiger partial charge in [0.05, 0.1) is 17.9 Å². The lowest BCUT2D eigenvalue weighted by Gasteiger charge is -2.24. The fraction of sp³-hybridized carbons (Fsp3) is 0.500. The Balaban J connectivity index is 2.20. The summed E-state index contributed by atoms with van der Waals surface area (Å²) in [5, 5.41) is 0. The smallest absolute Gasteiger partial charge is 0.164 e. The summed E-state index contributed by atoms with van der Waals surface area (Å²) in [6.07, 6.45) is 1.02. The largest absolute Gasteiger partial charge is 0.381 e. The summed E-state index contributed by atoms with van der Waals surface area (Å²) in [6, 6.07) is 4.75. The van der Waals surface area contributed by atoms with E-state index in [1.165, 1.54) is 13.0 Å². The van der Waals surface area contributed by atoms with Crippen molar-refractivity contribution in [3.05, 3.63) is 29.6 Å². The molecule has 4 heteroatoms. The van der Waals surface area contributed by atoms with E-state index in [1.807, 2.05) is 11.9 Å². The summed E-state index contributed by atoms with van der Waals surface area (Å²) in [4.78, 5) is 13.5. The van der Waals surface area contributed by atoms with E-state index < -0.39 is 5.82 Å². The lowest BCUT2D eigenvalue weighted by Crippen LogP contribution is -2.27. The number of ketones is 1. The second kappa shape index (κ2) is 5.48. The molecule has 1 aliphatic rings. The van der Waals surface area contributed by atoms with Crippen LogP contribution in [0.25, 0.3) is 0 Å². The molecule has 0 amide bonds. The van der Waals surface area contributed by atoms with Gasteiger partial charge in [-0.1, -0.05) is 6.07 Å². The lowest BCUT2D eigenvalue weighted by atomic mass is 10.1. The highest BCUT2D eigenvalue weighted by atomic mass is 19.1. The van der Waals surface area contributed by atoms with Crippen molar-refractivity contribution in [2.75, 3.05) is 31.7 Å². The molecule has 0 aliphatic carbocycles. The first kappa shape index (κ1) is 13.0. The van der Waals surface area contributed by atoms with Crippen molar-refractivity contribution >= 4 is 11.5 Å². The SMILES string of the molecule is CC(=O)c1c(F)cccc1N(C)C[C@H]1CCOC1. The number of anilines is 1. The number of rotatable bonds is 4. The van der Waals surface area contributed by atoms with Crippen LogP contribution in [0.4, 0.5) is 10.1 Å². The number of nitrogens with zero attached hydrogens (tertiary/aromatic N) is 1. The maximum Gasteiger partial charge on any atom is 0.164 e. The van der Waals surface area contributed by atoms with Gasteiger partial charge in [-0.3, -0.25) is 4.79 Å². The van der Waals surface area contributed by atoms with Crippen LogP contribution in [0.5, 0.6) is 0 Å². The number of Topliss-reactive ketones (excluding diaryl/α,β-unsaturated/α-hetero) is 1. The zero-order chi connectivity index (χ0) is 13.1. The Morgan fingerprint density at radius 1 is 1.56 bits per heavy atom. The first-order valence-corrected chi connectivity index (χ1v) is 6.18. The van der Waals surface area contributed by atoms with E-state index in [0.717, 1.165) is 26.2 Å². The van der Waals surface area contributed by atoms with Gasteiger partial charge < -0.3 is 9.64 Å². The average molecular weight is 251 g/mol. The van der Waals surface area contributed by atoms with Gasteiger partial charge in [0.25, 0.3) is 0 Å². The van der Waals surface area contributed by atoms with Crippen LogP contribution >= 0.6 is 0 Å². The predicted octanol–water partition coefficient (Wildman–Crippen LogP) is 2.50. The Morgan fingerprint density at radius 2 is 2.33 bits per heavy atom. The van der Waals surface area contributed by atoms with Gasteiger partial charge in [-0.05, 0) is 25.5 Å². The summed E-state index contributed by atoms with van der Waals surface area (Å²) < 4.78 is 19.0. The first-order chi connectivity index (χ1) is 8.59. The van der Waals surface area contributed by atoms with E-state index in [-0.39, 0.29) is 11.3 Å². The van der Waals surface area contributed by atoms with E-state index in [1.54, 1.807) is 12.1 Å². The van der Waals surface area contributed by atoms with Crippen LogP contribution in [0.3, 0.4) is 0 Å². The minimum Gasteiger partial charge on any atom is -0.381 e. The van der Waals surface area contributed by atoms with Crippen molar-refractivity contribution < 1.29 is 13.9 Å². The van der Waals surface area contributed by atoms with Crippen molar-refractivity contribution in [2.45, 2.75) is 13.3 Å². The van der Waals surface area contributed by atoms with Gasteiger partial charge in [0.1, 0.15) is 5.82 Å². The number of benzene rings is 1. The summed E-state index contributed by atoms with van der Waals surface area (Å²) >= 11 is 0. The molecule has 1 fully saturated rings. The maximum absolute atomic E-state index is 13.7. The summed E-state index contributed by atoms with van der Waals surface area (Å²) in [5.41, 5.74) is 0.841. The number of hydrogen-bond donors (Lipinski definition) is 0. The highest BCUT2D eigenvalue weighted by Gasteiger charge is 2.21. The molecule has 1 saturated heterocycles. The topological polar surface area (TPSA) is 29.5 Å². The van der Waals surface area contributed by atoms with E-state index in [0.29, 0.717) is 11.6 Å². The van der Waals surface area contributed by atoms with Gasteiger partial charge in [-0.15, -0.1) is 0 Å². The van der Waals surface area contributed by atoms with Gasteiger partial charge >= 0.3 is 0 Å². The van der Waals surface area contributed by atoms with Gasteiger partial charge in [0.2, 0.25) is 0 Å². The molecule has 0 bridgehead atoms. The third-order valence-corrected chi connectivity index (χ3v) is 3.31. The molecule has 18 heavy (non-hydrogen) atoms. The highest BCUT2D eigenvalue weighted by molar-refractivity contribution is 6.00. The summed E-state index contributed by atoms with van der Waals surface area (Å²) in [7, 11) is 1.89. The predicted molar refractivity (Wildman–Crippen MR) is 68.6 cm³/mol. The number of ether oxygens (including phenoxy) is 1. The third kappa shape index (κ3) is 2.70. The molecule has 0 radical (unpaired) electrons. The van der Waals surface area contributed by atoms with Crippen LogP contribution in [0, 0.1) is 11.7 Å². The molecule has 1 atom stereocenters. The van der Waals surface area contributed by atoms with E-state index in [9.17, 15) is 9.18 Å². The van der Waals surface area contributed by atoms with Crippen LogP contribution in [0.2, 0.25) is 0 Å². The monoisotopic (exact) mass is 251 g/mol. The van der Waals surface area contributed by atoms with E-state index >= 15 is 0 Å². The van der Waals surface area contributed by atoms with Crippen LogP contribution in [0.15, 0.2) is 18.2 Å². The fourth-order valence-electron chi connectivity index (χ4n) is 2.39. The number of carbonyl (C=O) groups excluding carboxylic acids is 1. The average Bonchev–Trinajstić information content (AvgIpc) is 2.80. The quantitative estimate of drug-likeness (QED) is 0.770. The van der Waals surface area contributed by atoms with Crippen LogP contribution < -0.4 is 4.90 Å². The van der Waals surface area contributed by atoms with Crippen molar-refractivity contribution in [1.29, 1.82) is 0 Å². The van der Waals surface area contributed by atoms with Crippen LogP contribution in [-0.4, -0.2) is 32.6 Å². The van der Waals surface area contributed by atoms with Crippen LogP contribution in [-0.2, 0) is 4.74 Å². The van der Waals surface area contributed by atoms with Crippen molar-refractivity contribution in [3.63, 3.8) is 0 Å². The Morgan fingerprint density at radius 3 is 2.94 bits per heavy atom. The maximum atomic E-state index is 13.7. The first-order valence-electron chi connectivity index (χ1n) is 6.18. The molecule has 0 saturated carbocycles. The molecule has 1 heterocycles. The zero-order valence-electron chi connectivity index (χ0n) is 10.8. The molecule has 1 aromatic carbocycles. The molecule has 0 N–H and O–H groups in total. The zero-order valence-corrected chi connectivity index (χ0v) is 10.8. The third-order valence-electron chi connectivity index (χ3n) is 3.31. The number of carbonyl (C=O) groups is 1. The van der Waals surface area contributed by atoms with E-state index in [4.69, 9.17) is 4.74 Å². The summed E-state index contributed by atoms with van der Waals surface area (Å²) in [6.45, 7) is 3.72. The molecule has 2 rings (SSSR count). The van der Waals surface area contributed by atoms with Gasteiger partial charge in [-0.25, -0.2) is 4.39 Å². The minimum atomic E-state index is -0.450. The van der Waals surface area contributed by atoms with E-state index in [2.05, 4.69) is 0 Å². The van der Waals surface area contributed by atoms with Crippen LogP contribution in [0.1, 0.15) is 23.7 Å². The molecular weight excluding hydrogens is 233 g/mol. The molecule has 3 nitrogen and oxygen atoms in total. The van der Waals surface area contributed by atoms with Crippen molar-refractivity contribution in [3.8, 4) is 0 Å². The molecule has 0 unspecified atom stereocenters. The lowest BCUT2D eigenvalue weighted by molar-refractivity contribution is 0.101. The Bertz CT molecular complexity index is 441. The van der Waals surface area contributed by atoms with Gasteiger partial charge in [0, 0.05) is 26.1 Å². The normalized spacial score (nSPS) is 18.9. The Hall–Kier alpha value is -1.42. The van der Waals surface area contributed by atoms with Crippen molar-refractivity contribution in [2.24, 2.45) is 5.92 Å². The molecule has 1 aliphatic heterocycles. The number of hydrogen-bond acceptors (Lipinski definition) is 3. The minimum absolute atomic E-state index is 0.180. The molecule has 98 valence electrons. The second-order valence-corrected chi connectivity index (χ2v) is 4.80. The fourth-order valence-corrected chi connectivity index (χ4v) is 2.39. The molecule has 0 spiro atoms. The Kier molecular flexibility index (Phi) is 3.97. The standard InChI is InChI=1S/C14H18FNO2/c1-10(17)14-12(15)4-3-5-13(14)16(2)8-11-6-7-18-9-11/h3-5,11H,6-9H2,1-2H3/t11-/m1/s1. The number of halogens is 1. The summed E-state index contributed by atoms with van der Waals surface area (Å²) in [5.74, 6) is -0.231. The molecule has 1 aromatic rings. The van der Waals surface area contributed by atoms with Crippen molar-refractivity contribution in [1.82, 2.24) is 0 Å². The Labute approximate surface area is 107 Å². The van der Waals surface area contributed by atoms with Gasteiger partial charge in [0.15, 0.2) is 5.78 Å². The molecular formula is C14H18FNO2. The van der Waals surface area contributed by atoms with Gasteiger partial charge in [-0.2, -0.15) is 0 Å². The second-order valence-electron chi connectivity index (χ2n) is 4.80.